The van der Waals surface area contributed by atoms with E-state index in [1.54, 1.807) is 4.90 Å². The first-order valence-electron chi connectivity index (χ1n) is 5.84. The summed E-state index contributed by atoms with van der Waals surface area (Å²) in [7, 11) is 0. The van der Waals surface area contributed by atoms with Gasteiger partial charge >= 0.3 is 0 Å². The van der Waals surface area contributed by atoms with Gasteiger partial charge in [0.2, 0.25) is 0 Å². The molecule has 0 spiro atoms. The number of hydrogen-bond acceptors (Lipinski definition) is 7. The van der Waals surface area contributed by atoms with Crippen molar-refractivity contribution in [2.24, 2.45) is 0 Å². The molecule has 2 N–H and O–H groups in total. The van der Waals surface area contributed by atoms with Crippen LogP contribution >= 0.6 is 0 Å². The van der Waals surface area contributed by atoms with Gasteiger partial charge in [-0.1, -0.05) is 0 Å². The average Bonchev–Trinajstić information content (AvgIpc) is 2.38. The lowest BCUT2D eigenvalue weighted by Crippen LogP contribution is -2.29. The molecule has 0 unspecified atom stereocenters. The second-order valence-corrected chi connectivity index (χ2v) is 4.10. The van der Waals surface area contributed by atoms with E-state index in [2.05, 4.69) is 0 Å². The molecular formula is C11H15N3O6. The number of non-ortho nitro benzene ring substituents is 2. The number of hydrogen-bond donors (Lipinski definition) is 2. The minimum absolute atomic E-state index is 0.142. The van der Waals surface area contributed by atoms with Crippen LogP contribution in [0.4, 0.5) is 11.4 Å². The Morgan fingerprint density at radius 2 is 1.40 bits per heavy atom. The van der Waals surface area contributed by atoms with Gasteiger partial charge in [0.15, 0.2) is 0 Å². The fourth-order valence-electron chi connectivity index (χ4n) is 1.77. The second-order valence-electron chi connectivity index (χ2n) is 4.10. The molecule has 0 aliphatic carbocycles. The van der Waals surface area contributed by atoms with E-state index in [1.165, 1.54) is 12.1 Å². The number of benzene rings is 1. The Morgan fingerprint density at radius 3 is 1.75 bits per heavy atom. The summed E-state index contributed by atoms with van der Waals surface area (Å²) in [4.78, 5) is 21.8. The van der Waals surface area contributed by atoms with Crippen molar-refractivity contribution in [1.82, 2.24) is 4.90 Å². The first-order chi connectivity index (χ1) is 9.47. The first kappa shape index (κ1) is 16.0. The molecule has 0 atom stereocenters. The van der Waals surface area contributed by atoms with Gasteiger partial charge in [0.25, 0.3) is 11.4 Å². The maximum absolute atomic E-state index is 10.8. The molecular weight excluding hydrogens is 270 g/mol. The van der Waals surface area contributed by atoms with Crippen LogP contribution in [0.25, 0.3) is 0 Å². The number of rotatable bonds is 8. The molecule has 9 nitrogen and oxygen atoms in total. The van der Waals surface area contributed by atoms with Crippen LogP contribution < -0.4 is 0 Å². The molecule has 110 valence electrons. The Hall–Kier alpha value is -2.10. The predicted molar refractivity (Wildman–Crippen MR) is 69.2 cm³/mol. The van der Waals surface area contributed by atoms with Crippen LogP contribution in [-0.4, -0.2) is 51.3 Å². The van der Waals surface area contributed by atoms with Gasteiger partial charge < -0.3 is 10.2 Å². The zero-order chi connectivity index (χ0) is 15.1. The summed E-state index contributed by atoms with van der Waals surface area (Å²) in [5.74, 6) is 0. The van der Waals surface area contributed by atoms with Gasteiger partial charge in [-0.05, 0) is 5.56 Å². The van der Waals surface area contributed by atoms with E-state index in [1.807, 2.05) is 0 Å². The standard InChI is InChI=1S/C11H15N3O6/c15-3-1-12(2-4-16)8-9-5-10(13(17)18)7-11(6-9)14(19)20/h5-7,15-16H,1-4,8H2. The van der Waals surface area contributed by atoms with Gasteiger partial charge in [-0.15, -0.1) is 0 Å². The first-order valence-corrected chi connectivity index (χ1v) is 5.84. The molecule has 0 aliphatic rings. The molecule has 0 saturated carbocycles. The minimum atomic E-state index is -0.696. The molecule has 1 rings (SSSR count). The largest absolute Gasteiger partial charge is 0.395 e. The van der Waals surface area contributed by atoms with Crippen molar-refractivity contribution in [2.75, 3.05) is 26.3 Å². The maximum atomic E-state index is 10.8. The Bertz CT molecular complexity index is 455. The maximum Gasteiger partial charge on any atom is 0.276 e. The fourth-order valence-corrected chi connectivity index (χ4v) is 1.77. The molecule has 0 heterocycles. The van der Waals surface area contributed by atoms with E-state index in [9.17, 15) is 20.2 Å². The lowest BCUT2D eigenvalue weighted by atomic mass is 10.1. The van der Waals surface area contributed by atoms with Gasteiger partial charge in [-0.2, -0.15) is 0 Å². The van der Waals surface area contributed by atoms with Crippen molar-refractivity contribution in [3.63, 3.8) is 0 Å². The summed E-state index contributed by atoms with van der Waals surface area (Å²) in [6, 6.07) is 3.38. The summed E-state index contributed by atoms with van der Waals surface area (Å²) in [6.07, 6.45) is 0. The molecule has 0 bridgehead atoms. The molecule has 1 aromatic rings. The molecule has 0 radical (unpaired) electrons. The van der Waals surface area contributed by atoms with Crippen LogP contribution in [0.3, 0.4) is 0 Å². The second kappa shape index (κ2) is 7.48. The fraction of sp³-hybridized carbons (Fsp3) is 0.455. The van der Waals surface area contributed by atoms with Crippen LogP contribution in [0.2, 0.25) is 0 Å². The van der Waals surface area contributed by atoms with Gasteiger partial charge in [-0.25, -0.2) is 0 Å². The highest BCUT2D eigenvalue weighted by atomic mass is 16.6. The van der Waals surface area contributed by atoms with E-state index in [0.717, 1.165) is 6.07 Å². The van der Waals surface area contributed by atoms with E-state index < -0.39 is 9.85 Å². The van der Waals surface area contributed by atoms with Gasteiger partial charge in [0, 0.05) is 31.8 Å². The number of aliphatic hydroxyl groups is 2. The van der Waals surface area contributed by atoms with Crippen LogP contribution in [-0.2, 0) is 6.54 Å². The van der Waals surface area contributed by atoms with E-state index in [-0.39, 0.29) is 44.2 Å². The third kappa shape index (κ3) is 4.53. The molecule has 9 heteroatoms. The third-order valence-corrected chi connectivity index (χ3v) is 2.62. The quantitative estimate of drug-likeness (QED) is 0.518. The molecule has 0 aromatic heterocycles. The number of aliphatic hydroxyl groups excluding tert-OH is 2. The molecule has 0 saturated heterocycles. The van der Waals surface area contributed by atoms with Crippen molar-refractivity contribution >= 4 is 11.4 Å². The number of nitro benzene ring substituents is 2. The summed E-state index contributed by atoms with van der Waals surface area (Å²) in [6.45, 7) is 0.409. The zero-order valence-corrected chi connectivity index (χ0v) is 10.6. The summed E-state index contributed by atoms with van der Waals surface area (Å²) >= 11 is 0. The van der Waals surface area contributed by atoms with E-state index in [4.69, 9.17) is 10.2 Å². The summed E-state index contributed by atoms with van der Waals surface area (Å²) in [5, 5.41) is 39.3. The molecule has 0 amide bonds. The predicted octanol–water partition coefficient (Wildman–Crippen LogP) is 0.290. The number of nitrogens with zero attached hydrogens (tertiary/aromatic N) is 3. The zero-order valence-electron chi connectivity index (χ0n) is 10.6. The Kier molecular flexibility index (Phi) is 5.97. The van der Waals surface area contributed by atoms with Gasteiger partial charge in [-0.3, -0.25) is 25.1 Å². The Morgan fingerprint density at radius 1 is 0.950 bits per heavy atom. The highest BCUT2D eigenvalue weighted by Gasteiger charge is 2.17. The van der Waals surface area contributed by atoms with Crippen LogP contribution in [0.5, 0.6) is 0 Å². The summed E-state index contributed by atoms with van der Waals surface area (Å²) in [5.41, 5.74) is -0.336. The van der Waals surface area contributed by atoms with E-state index >= 15 is 0 Å². The Labute approximate surface area is 114 Å². The normalized spacial score (nSPS) is 10.8. The minimum Gasteiger partial charge on any atom is -0.395 e. The van der Waals surface area contributed by atoms with Crippen molar-refractivity contribution in [3.8, 4) is 0 Å². The smallest absolute Gasteiger partial charge is 0.276 e. The number of nitro groups is 2. The van der Waals surface area contributed by atoms with Crippen LogP contribution in [0.15, 0.2) is 18.2 Å². The summed E-state index contributed by atoms with van der Waals surface area (Å²) < 4.78 is 0. The third-order valence-electron chi connectivity index (χ3n) is 2.62. The highest BCUT2D eigenvalue weighted by Crippen LogP contribution is 2.23. The topological polar surface area (TPSA) is 130 Å². The van der Waals surface area contributed by atoms with E-state index in [0.29, 0.717) is 5.56 Å². The van der Waals surface area contributed by atoms with Gasteiger partial charge in [0.1, 0.15) is 0 Å². The SMILES string of the molecule is O=[N+]([O-])c1cc(CN(CCO)CCO)cc([N+](=O)[O-])c1. The Balaban J connectivity index is 3.03. The average molecular weight is 285 g/mol. The molecule has 0 aliphatic heterocycles. The molecule has 20 heavy (non-hydrogen) atoms. The van der Waals surface area contributed by atoms with Crippen molar-refractivity contribution in [3.05, 3.63) is 44.0 Å². The van der Waals surface area contributed by atoms with Crippen molar-refractivity contribution in [1.29, 1.82) is 0 Å². The lowest BCUT2D eigenvalue weighted by molar-refractivity contribution is -0.394. The molecule has 1 aromatic carbocycles. The highest BCUT2D eigenvalue weighted by molar-refractivity contribution is 5.46. The van der Waals surface area contributed by atoms with Crippen molar-refractivity contribution < 1.29 is 20.1 Å². The van der Waals surface area contributed by atoms with Crippen LogP contribution in [0, 0.1) is 20.2 Å². The van der Waals surface area contributed by atoms with Crippen LogP contribution in [0.1, 0.15) is 5.56 Å². The molecule has 0 fully saturated rings. The lowest BCUT2D eigenvalue weighted by Gasteiger charge is -2.19. The van der Waals surface area contributed by atoms with Gasteiger partial charge in [0.05, 0.1) is 29.1 Å². The van der Waals surface area contributed by atoms with Crippen molar-refractivity contribution in [2.45, 2.75) is 6.54 Å². The monoisotopic (exact) mass is 285 g/mol.